The van der Waals surface area contributed by atoms with Crippen LogP contribution in [0.3, 0.4) is 0 Å². The minimum absolute atomic E-state index is 0.101. The fourth-order valence-electron chi connectivity index (χ4n) is 2.62. The smallest absolute Gasteiger partial charge is 0.269 e. The van der Waals surface area contributed by atoms with Crippen LogP contribution in [0.4, 0.5) is 5.69 Å². The molecule has 0 saturated carbocycles. The van der Waals surface area contributed by atoms with Crippen molar-refractivity contribution < 1.29 is 14.4 Å². The number of para-hydroxylation sites is 1. The van der Waals surface area contributed by atoms with Gasteiger partial charge in [-0.2, -0.15) is 0 Å². The van der Waals surface area contributed by atoms with Gasteiger partial charge in [0.1, 0.15) is 0 Å². The predicted molar refractivity (Wildman–Crippen MR) is 89.0 cm³/mol. The van der Waals surface area contributed by atoms with E-state index in [0.717, 1.165) is 5.69 Å². The van der Waals surface area contributed by atoms with Gasteiger partial charge in [-0.3, -0.25) is 25.2 Å². The van der Waals surface area contributed by atoms with Crippen molar-refractivity contribution in [1.29, 1.82) is 0 Å². The van der Waals surface area contributed by atoms with Crippen molar-refractivity contribution in [2.75, 3.05) is 11.4 Å². The molecule has 1 fully saturated rings. The highest BCUT2D eigenvalue weighted by molar-refractivity contribution is 6.01. The first-order valence-electron chi connectivity index (χ1n) is 7.66. The Kier molecular flexibility index (Phi) is 4.56. The lowest BCUT2D eigenvalue weighted by Gasteiger charge is -2.16. The molecule has 0 radical (unpaired) electrons. The molecule has 2 N–H and O–H groups in total. The Hall–Kier alpha value is -3.15. The maximum absolute atomic E-state index is 12.2. The van der Waals surface area contributed by atoms with E-state index in [0.29, 0.717) is 12.1 Å². The number of hydrogen-bond donors (Lipinski definition) is 2. The molecule has 0 aromatic heterocycles. The Balaban J connectivity index is 1.57. The zero-order chi connectivity index (χ0) is 16.9. The van der Waals surface area contributed by atoms with Crippen LogP contribution in [0.25, 0.3) is 0 Å². The average Bonchev–Trinajstić information content (AvgIpc) is 3.02. The normalized spacial score (nSPS) is 16.8. The van der Waals surface area contributed by atoms with E-state index in [2.05, 4.69) is 10.9 Å². The Morgan fingerprint density at radius 2 is 1.54 bits per heavy atom. The van der Waals surface area contributed by atoms with Gasteiger partial charge in [-0.15, -0.1) is 0 Å². The molecule has 6 heteroatoms. The number of carbonyl (C=O) groups excluding carboxylic acids is 3. The lowest BCUT2D eigenvalue weighted by Crippen LogP contribution is -2.45. The number of benzene rings is 2. The second-order valence-electron chi connectivity index (χ2n) is 5.55. The highest BCUT2D eigenvalue weighted by Gasteiger charge is 2.35. The van der Waals surface area contributed by atoms with Gasteiger partial charge in [-0.05, 0) is 24.3 Å². The van der Waals surface area contributed by atoms with Gasteiger partial charge >= 0.3 is 0 Å². The molecule has 24 heavy (non-hydrogen) atoms. The molecule has 1 aliphatic heterocycles. The summed E-state index contributed by atoms with van der Waals surface area (Å²) in [5.41, 5.74) is 5.99. The third-order valence-corrected chi connectivity index (χ3v) is 3.90. The lowest BCUT2D eigenvalue weighted by molar-refractivity contribution is -0.126. The fraction of sp³-hybridized carbons (Fsp3) is 0.167. The van der Waals surface area contributed by atoms with Crippen LogP contribution in [0.2, 0.25) is 0 Å². The summed E-state index contributed by atoms with van der Waals surface area (Å²) in [5.74, 6) is -1.36. The molecule has 6 nitrogen and oxygen atoms in total. The number of rotatable bonds is 3. The van der Waals surface area contributed by atoms with Crippen molar-refractivity contribution in [2.45, 2.75) is 6.42 Å². The summed E-state index contributed by atoms with van der Waals surface area (Å²) in [5, 5.41) is 0. The second kappa shape index (κ2) is 6.95. The van der Waals surface area contributed by atoms with E-state index in [1.54, 1.807) is 35.2 Å². The summed E-state index contributed by atoms with van der Waals surface area (Å²) < 4.78 is 0. The van der Waals surface area contributed by atoms with Gasteiger partial charge in [0.25, 0.3) is 5.91 Å². The molecule has 1 atom stereocenters. The van der Waals surface area contributed by atoms with Crippen LogP contribution in [0.5, 0.6) is 0 Å². The zero-order valence-corrected chi connectivity index (χ0v) is 12.9. The first-order valence-corrected chi connectivity index (χ1v) is 7.66. The molecule has 0 bridgehead atoms. The van der Waals surface area contributed by atoms with Gasteiger partial charge in [0.05, 0.1) is 5.92 Å². The topological polar surface area (TPSA) is 78.5 Å². The highest BCUT2D eigenvalue weighted by atomic mass is 16.2. The molecule has 2 aromatic carbocycles. The number of nitrogens with zero attached hydrogens (tertiary/aromatic N) is 1. The Morgan fingerprint density at radius 3 is 2.21 bits per heavy atom. The van der Waals surface area contributed by atoms with E-state index in [4.69, 9.17) is 0 Å². The number of hydrazine groups is 1. The van der Waals surface area contributed by atoms with Crippen LogP contribution in [0, 0.1) is 5.92 Å². The van der Waals surface area contributed by atoms with Crippen molar-refractivity contribution in [3.63, 3.8) is 0 Å². The minimum Gasteiger partial charge on any atom is -0.312 e. The van der Waals surface area contributed by atoms with Crippen LogP contribution in [0.1, 0.15) is 16.8 Å². The van der Waals surface area contributed by atoms with Crippen LogP contribution in [-0.2, 0) is 9.59 Å². The second-order valence-corrected chi connectivity index (χ2v) is 5.55. The summed E-state index contributed by atoms with van der Waals surface area (Å²) in [6.07, 6.45) is 0.127. The average molecular weight is 323 g/mol. The molecule has 0 aliphatic carbocycles. The van der Waals surface area contributed by atoms with Gasteiger partial charge in [0, 0.05) is 24.2 Å². The SMILES string of the molecule is O=C(NNC(=O)[C@@H]1CC(=O)N(c2ccccc2)C1)c1ccccc1. The van der Waals surface area contributed by atoms with E-state index in [-0.39, 0.29) is 18.2 Å². The van der Waals surface area contributed by atoms with Crippen LogP contribution in [0.15, 0.2) is 60.7 Å². The first kappa shape index (κ1) is 15.7. The molecule has 1 saturated heterocycles. The van der Waals surface area contributed by atoms with Gasteiger partial charge in [-0.1, -0.05) is 36.4 Å². The molecule has 1 heterocycles. The molecule has 3 rings (SSSR count). The third-order valence-electron chi connectivity index (χ3n) is 3.90. The van der Waals surface area contributed by atoms with Gasteiger partial charge in [0.2, 0.25) is 11.8 Å². The summed E-state index contributed by atoms with van der Waals surface area (Å²) >= 11 is 0. The summed E-state index contributed by atoms with van der Waals surface area (Å²) in [6.45, 7) is 0.301. The first-order chi connectivity index (χ1) is 11.6. The van der Waals surface area contributed by atoms with Gasteiger partial charge in [0.15, 0.2) is 0 Å². The van der Waals surface area contributed by atoms with Gasteiger partial charge < -0.3 is 4.90 Å². The summed E-state index contributed by atoms with van der Waals surface area (Å²) in [7, 11) is 0. The molecule has 0 spiro atoms. The molecule has 1 aliphatic rings. The van der Waals surface area contributed by atoms with E-state index in [9.17, 15) is 14.4 Å². The Labute approximate surface area is 139 Å². The van der Waals surface area contributed by atoms with Crippen molar-refractivity contribution in [1.82, 2.24) is 10.9 Å². The van der Waals surface area contributed by atoms with E-state index in [1.807, 2.05) is 30.3 Å². The number of anilines is 1. The largest absolute Gasteiger partial charge is 0.312 e. The number of carbonyl (C=O) groups is 3. The molecule has 3 amide bonds. The predicted octanol–water partition coefficient (Wildman–Crippen LogP) is 1.50. The van der Waals surface area contributed by atoms with Crippen molar-refractivity contribution >= 4 is 23.4 Å². The maximum Gasteiger partial charge on any atom is 0.269 e. The molecule has 0 unspecified atom stereocenters. The maximum atomic E-state index is 12.2. The monoisotopic (exact) mass is 323 g/mol. The molecule has 2 aromatic rings. The quantitative estimate of drug-likeness (QED) is 0.840. The molecular weight excluding hydrogens is 306 g/mol. The number of hydrogen-bond acceptors (Lipinski definition) is 3. The summed E-state index contributed by atoms with van der Waals surface area (Å²) in [4.78, 5) is 37.8. The third kappa shape index (κ3) is 3.43. The zero-order valence-electron chi connectivity index (χ0n) is 12.9. The Morgan fingerprint density at radius 1 is 0.917 bits per heavy atom. The fourth-order valence-corrected chi connectivity index (χ4v) is 2.62. The van der Waals surface area contributed by atoms with Crippen molar-refractivity contribution in [2.24, 2.45) is 5.92 Å². The van der Waals surface area contributed by atoms with Crippen LogP contribution >= 0.6 is 0 Å². The standard InChI is InChI=1S/C18H17N3O3/c22-16-11-14(12-21(16)15-9-5-2-6-10-15)18(24)20-19-17(23)13-7-3-1-4-8-13/h1-10,14H,11-12H2,(H,19,23)(H,20,24)/t14-/m1/s1. The summed E-state index contributed by atoms with van der Waals surface area (Å²) in [6, 6.07) is 17.8. The molecule has 122 valence electrons. The number of amides is 3. The van der Waals surface area contributed by atoms with Crippen molar-refractivity contribution in [3.8, 4) is 0 Å². The van der Waals surface area contributed by atoms with E-state index in [1.165, 1.54) is 0 Å². The lowest BCUT2D eigenvalue weighted by atomic mass is 10.1. The molecular formula is C18H17N3O3. The number of nitrogens with one attached hydrogen (secondary N) is 2. The Bertz CT molecular complexity index is 747. The van der Waals surface area contributed by atoms with Crippen molar-refractivity contribution in [3.05, 3.63) is 66.2 Å². The van der Waals surface area contributed by atoms with Crippen LogP contribution < -0.4 is 15.8 Å². The van der Waals surface area contributed by atoms with Crippen LogP contribution in [-0.4, -0.2) is 24.3 Å². The van der Waals surface area contributed by atoms with E-state index >= 15 is 0 Å². The highest BCUT2D eigenvalue weighted by Crippen LogP contribution is 2.24. The van der Waals surface area contributed by atoms with Gasteiger partial charge in [-0.25, -0.2) is 0 Å². The minimum atomic E-state index is -0.492. The van der Waals surface area contributed by atoms with E-state index < -0.39 is 11.8 Å².